The van der Waals surface area contributed by atoms with Gasteiger partial charge in [-0.15, -0.1) is 5.10 Å². The van der Waals surface area contributed by atoms with Crippen molar-refractivity contribution in [3.8, 4) is 11.8 Å². The fraction of sp³-hybridized carbons (Fsp3) is 0.100. The molecular formula is C10H9N5. The van der Waals surface area contributed by atoms with Crippen LogP contribution >= 0.6 is 0 Å². The summed E-state index contributed by atoms with van der Waals surface area (Å²) >= 11 is 0. The first-order chi connectivity index (χ1) is 7.19. The van der Waals surface area contributed by atoms with Crippen LogP contribution in [0.25, 0.3) is 5.69 Å². The minimum Gasteiger partial charge on any atom is -0.399 e. The molecule has 1 aromatic heterocycles. The monoisotopic (exact) mass is 199 g/mol. The van der Waals surface area contributed by atoms with Crippen LogP contribution in [0.2, 0.25) is 0 Å². The van der Waals surface area contributed by atoms with E-state index in [0.29, 0.717) is 5.69 Å². The van der Waals surface area contributed by atoms with Crippen molar-refractivity contribution in [3.05, 3.63) is 35.9 Å². The molecule has 1 aromatic carbocycles. The van der Waals surface area contributed by atoms with Crippen molar-refractivity contribution < 1.29 is 0 Å². The van der Waals surface area contributed by atoms with E-state index >= 15 is 0 Å². The topological polar surface area (TPSA) is 80.5 Å². The summed E-state index contributed by atoms with van der Waals surface area (Å²) < 4.78 is 1.53. The number of nitriles is 1. The third-order valence-electron chi connectivity index (χ3n) is 1.94. The van der Waals surface area contributed by atoms with E-state index in [1.165, 1.54) is 11.0 Å². The zero-order chi connectivity index (χ0) is 10.8. The Kier molecular flexibility index (Phi) is 2.10. The van der Waals surface area contributed by atoms with E-state index in [2.05, 4.69) is 10.1 Å². The predicted molar refractivity (Wildman–Crippen MR) is 55.2 cm³/mol. The number of aryl methyl sites for hydroxylation is 1. The molecule has 0 saturated heterocycles. The molecule has 0 saturated carbocycles. The lowest BCUT2D eigenvalue weighted by Gasteiger charge is -2.03. The Labute approximate surface area is 86.8 Å². The lowest BCUT2D eigenvalue weighted by Crippen LogP contribution is -1.97. The van der Waals surface area contributed by atoms with Crippen LogP contribution in [-0.2, 0) is 0 Å². The van der Waals surface area contributed by atoms with Gasteiger partial charge in [-0.2, -0.15) is 5.26 Å². The number of hydrogen-bond donors (Lipinski definition) is 1. The van der Waals surface area contributed by atoms with Crippen molar-refractivity contribution >= 4 is 5.69 Å². The van der Waals surface area contributed by atoms with Crippen LogP contribution < -0.4 is 5.73 Å². The number of nitrogens with zero attached hydrogens (tertiary/aromatic N) is 4. The first kappa shape index (κ1) is 9.21. The molecule has 5 heteroatoms. The SMILES string of the molecule is Cc1cc(N)cc(-n2cnc(C#N)n2)c1. The summed E-state index contributed by atoms with van der Waals surface area (Å²) in [5.74, 6) is 0.148. The summed E-state index contributed by atoms with van der Waals surface area (Å²) in [6.07, 6.45) is 1.49. The summed E-state index contributed by atoms with van der Waals surface area (Å²) in [5.41, 5.74) is 8.22. The number of hydrogen-bond acceptors (Lipinski definition) is 4. The Morgan fingerprint density at radius 3 is 2.80 bits per heavy atom. The highest BCUT2D eigenvalue weighted by atomic mass is 15.3. The molecule has 0 aliphatic rings. The maximum Gasteiger partial charge on any atom is 0.252 e. The second-order valence-corrected chi connectivity index (χ2v) is 3.23. The molecule has 0 fully saturated rings. The Hall–Kier alpha value is -2.35. The predicted octanol–water partition coefficient (Wildman–Crippen LogP) is 1.03. The van der Waals surface area contributed by atoms with Gasteiger partial charge in [0, 0.05) is 5.69 Å². The van der Waals surface area contributed by atoms with Crippen LogP contribution in [-0.4, -0.2) is 14.8 Å². The third kappa shape index (κ3) is 1.79. The highest BCUT2D eigenvalue weighted by Crippen LogP contribution is 2.14. The zero-order valence-electron chi connectivity index (χ0n) is 8.18. The van der Waals surface area contributed by atoms with Crippen molar-refractivity contribution in [2.24, 2.45) is 0 Å². The Balaban J connectivity index is 2.50. The third-order valence-corrected chi connectivity index (χ3v) is 1.94. The van der Waals surface area contributed by atoms with Gasteiger partial charge in [-0.3, -0.25) is 0 Å². The fourth-order valence-corrected chi connectivity index (χ4v) is 1.36. The minimum atomic E-state index is 0.148. The highest BCUT2D eigenvalue weighted by Gasteiger charge is 2.02. The van der Waals surface area contributed by atoms with Gasteiger partial charge in [0.1, 0.15) is 12.4 Å². The molecule has 15 heavy (non-hydrogen) atoms. The molecule has 0 unspecified atom stereocenters. The summed E-state index contributed by atoms with van der Waals surface area (Å²) in [6.45, 7) is 1.95. The summed E-state index contributed by atoms with van der Waals surface area (Å²) in [6, 6.07) is 7.44. The van der Waals surface area contributed by atoms with Crippen molar-refractivity contribution in [2.75, 3.05) is 5.73 Å². The second-order valence-electron chi connectivity index (χ2n) is 3.23. The van der Waals surface area contributed by atoms with Gasteiger partial charge in [0.15, 0.2) is 0 Å². The molecule has 0 radical (unpaired) electrons. The van der Waals surface area contributed by atoms with Gasteiger partial charge in [0.25, 0.3) is 5.82 Å². The molecular weight excluding hydrogens is 190 g/mol. The van der Waals surface area contributed by atoms with Gasteiger partial charge < -0.3 is 5.73 Å². The largest absolute Gasteiger partial charge is 0.399 e. The Morgan fingerprint density at radius 1 is 1.40 bits per heavy atom. The van der Waals surface area contributed by atoms with Crippen LogP contribution in [0.5, 0.6) is 0 Å². The quantitative estimate of drug-likeness (QED) is 0.695. The first-order valence-electron chi connectivity index (χ1n) is 4.38. The van der Waals surface area contributed by atoms with E-state index in [1.54, 1.807) is 6.07 Å². The molecule has 0 amide bonds. The van der Waals surface area contributed by atoms with Gasteiger partial charge in [-0.25, -0.2) is 9.67 Å². The molecule has 1 heterocycles. The van der Waals surface area contributed by atoms with Crippen molar-refractivity contribution in [1.29, 1.82) is 5.26 Å². The van der Waals surface area contributed by atoms with E-state index < -0.39 is 0 Å². The number of nitrogen functional groups attached to an aromatic ring is 1. The van der Waals surface area contributed by atoms with E-state index in [4.69, 9.17) is 11.0 Å². The number of aromatic nitrogens is 3. The molecule has 0 aliphatic heterocycles. The first-order valence-corrected chi connectivity index (χ1v) is 4.38. The maximum absolute atomic E-state index is 8.59. The van der Waals surface area contributed by atoms with E-state index in [1.807, 2.05) is 25.1 Å². The molecule has 0 aliphatic carbocycles. The molecule has 0 atom stereocenters. The lowest BCUT2D eigenvalue weighted by molar-refractivity contribution is 0.872. The number of anilines is 1. The van der Waals surface area contributed by atoms with Gasteiger partial charge in [0.2, 0.25) is 0 Å². The highest BCUT2D eigenvalue weighted by molar-refractivity contribution is 5.50. The normalized spacial score (nSPS) is 9.87. The van der Waals surface area contributed by atoms with Gasteiger partial charge >= 0.3 is 0 Å². The standard InChI is InChI=1S/C10H9N5/c1-7-2-8(12)4-9(3-7)15-6-13-10(5-11)14-15/h2-4,6H,12H2,1H3. The molecule has 74 valence electrons. The maximum atomic E-state index is 8.59. The van der Waals surface area contributed by atoms with E-state index in [-0.39, 0.29) is 5.82 Å². The lowest BCUT2D eigenvalue weighted by atomic mass is 10.2. The summed E-state index contributed by atoms with van der Waals surface area (Å²) in [7, 11) is 0. The van der Waals surface area contributed by atoms with Gasteiger partial charge in [-0.05, 0) is 30.7 Å². The number of benzene rings is 1. The molecule has 2 rings (SSSR count). The molecule has 0 bridgehead atoms. The summed E-state index contributed by atoms with van der Waals surface area (Å²) in [5, 5.41) is 12.6. The molecule has 2 N–H and O–H groups in total. The number of nitrogens with two attached hydrogens (primary N) is 1. The zero-order valence-corrected chi connectivity index (χ0v) is 8.18. The average molecular weight is 199 g/mol. The van der Waals surface area contributed by atoms with E-state index in [0.717, 1.165) is 11.3 Å². The van der Waals surface area contributed by atoms with Gasteiger partial charge in [-0.1, -0.05) is 0 Å². The smallest absolute Gasteiger partial charge is 0.252 e. The summed E-state index contributed by atoms with van der Waals surface area (Å²) in [4.78, 5) is 3.82. The number of rotatable bonds is 1. The van der Waals surface area contributed by atoms with Crippen molar-refractivity contribution in [3.63, 3.8) is 0 Å². The van der Waals surface area contributed by atoms with Crippen LogP contribution in [0, 0.1) is 18.3 Å². The van der Waals surface area contributed by atoms with Gasteiger partial charge in [0.05, 0.1) is 5.69 Å². The van der Waals surface area contributed by atoms with Crippen molar-refractivity contribution in [1.82, 2.24) is 14.8 Å². The van der Waals surface area contributed by atoms with Crippen molar-refractivity contribution in [2.45, 2.75) is 6.92 Å². The van der Waals surface area contributed by atoms with E-state index in [9.17, 15) is 0 Å². The average Bonchev–Trinajstić information content (AvgIpc) is 2.64. The Morgan fingerprint density at radius 2 is 2.20 bits per heavy atom. The van der Waals surface area contributed by atoms with Crippen LogP contribution in [0.1, 0.15) is 11.4 Å². The fourth-order valence-electron chi connectivity index (χ4n) is 1.36. The van der Waals surface area contributed by atoms with Crippen LogP contribution in [0.4, 0.5) is 5.69 Å². The molecule has 5 nitrogen and oxygen atoms in total. The van der Waals surface area contributed by atoms with Crippen LogP contribution in [0.3, 0.4) is 0 Å². The minimum absolute atomic E-state index is 0.148. The Bertz CT molecular complexity index is 515. The second kappa shape index (κ2) is 3.42. The molecule has 2 aromatic rings. The molecule has 0 spiro atoms. The van der Waals surface area contributed by atoms with Crippen LogP contribution in [0.15, 0.2) is 24.5 Å².